The molecule has 0 bridgehead atoms. The van der Waals surface area contributed by atoms with Gasteiger partial charge in [-0.3, -0.25) is 4.98 Å². The summed E-state index contributed by atoms with van der Waals surface area (Å²) in [6.45, 7) is 0.238. The first-order valence-corrected chi connectivity index (χ1v) is 9.70. The zero-order chi connectivity index (χ0) is 22.0. The molecule has 158 valence electrons. The Hall–Kier alpha value is -3.39. The van der Waals surface area contributed by atoms with Crippen molar-refractivity contribution in [2.24, 2.45) is 5.10 Å². The highest BCUT2D eigenvalue weighted by Gasteiger charge is 2.33. The number of halogens is 4. The lowest BCUT2D eigenvalue weighted by Crippen LogP contribution is -2.30. The molecule has 1 aliphatic heterocycles. The lowest BCUT2D eigenvalue weighted by molar-refractivity contribution is -0.137. The molecule has 1 aromatic heterocycles. The number of hydrogen-bond donors (Lipinski definition) is 1. The second-order valence-electron chi connectivity index (χ2n) is 6.89. The van der Waals surface area contributed by atoms with Crippen LogP contribution >= 0.6 is 11.6 Å². The van der Waals surface area contributed by atoms with Gasteiger partial charge in [0, 0.05) is 16.9 Å². The van der Waals surface area contributed by atoms with E-state index in [9.17, 15) is 18.0 Å². The zero-order valence-corrected chi connectivity index (χ0v) is 16.7. The van der Waals surface area contributed by atoms with Crippen LogP contribution in [-0.4, -0.2) is 28.3 Å². The fourth-order valence-corrected chi connectivity index (χ4v) is 3.38. The number of amides is 2. The van der Waals surface area contributed by atoms with Crippen molar-refractivity contribution in [1.82, 2.24) is 9.99 Å². The summed E-state index contributed by atoms with van der Waals surface area (Å²) in [5.74, 6) is -0.263. The summed E-state index contributed by atoms with van der Waals surface area (Å²) >= 11 is 5.98. The van der Waals surface area contributed by atoms with Gasteiger partial charge in [0.25, 0.3) is 0 Å². The quantitative estimate of drug-likeness (QED) is 0.556. The molecule has 1 N–H and O–H groups in total. The fourth-order valence-electron chi connectivity index (χ4n) is 3.25. The molecule has 0 saturated heterocycles. The van der Waals surface area contributed by atoms with Crippen LogP contribution in [-0.2, 0) is 6.18 Å². The van der Waals surface area contributed by atoms with Gasteiger partial charge in [0.2, 0.25) is 0 Å². The van der Waals surface area contributed by atoms with Crippen LogP contribution in [0.3, 0.4) is 0 Å². The molecule has 3 aromatic rings. The van der Waals surface area contributed by atoms with Crippen molar-refractivity contribution < 1.29 is 18.0 Å². The van der Waals surface area contributed by atoms with Crippen molar-refractivity contribution in [1.29, 1.82) is 0 Å². The monoisotopic (exact) mass is 444 g/mol. The molecule has 0 saturated carbocycles. The van der Waals surface area contributed by atoms with Crippen LogP contribution < -0.4 is 5.32 Å². The lowest BCUT2D eigenvalue weighted by atomic mass is 9.94. The first-order valence-electron chi connectivity index (χ1n) is 9.32. The fraction of sp³-hybridized carbons (Fsp3) is 0.136. The van der Waals surface area contributed by atoms with E-state index in [0.717, 1.165) is 23.4 Å². The molecule has 1 unspecified atom stereocenters. The van der Waals surface area contributed by atoms with Crippen molar-refractivity contribution in [3.05, 3.63) is 94.8 Å². The minimum absolute atomic E-state index is 0.238. The van der Waals surface area contributed by atoms with Crippen LogP contribution in [0.5, 0.6) is 0 Å². The van der Waals surface area contributed by atoms with Crippen LogP contribution in [0.4, 0.5) is 23.7 Å². The first kappa shape index (κ1) is 20.9. The Morgan fingerprint density at radius 3 is 2.35 bits per heavy atom. The van der Waals surface area contributed by atoms with Gasteiger partial charge >= 0.3 is 12.2 Å². The number of carbonyl (C=O) groups is 1. The number of urea groups is 1. The summed E-state index contributed by atoms with van der Waals surface area (Å²) < 4.78 is 38.2. The summed E-state index contributed by atoms with van der Waals surface area (Å²) in [6, 6.07) is 16.3. The third-order valence-electron chi connectivity index (χ3n) is 4.80. The highest BCUT2D eigenvalue weighted by atomic mass is 35.5. The predicted molar refractivity (Wildman–Crippen MR) is 112 cm³/mol. The highest BCUT2D eigenvalue weighted by molar-refractivity contribution is 6.30. The molecule has 31 heavy (non-hydrogen) atoms. The number of pyridine rings is 1. The number of nitrogens with one attached hydrogen (secondary N) is 1. The van der Waals surface area contributed by atoms with Gasteiger partial charge in [0.1, 0.15) is 0 Å². The second-order valence-corrected chi connectivity index (χ2v) is 7.32. The number of hydrazone groups is 1. The largest absolute Gasteiger partial charge is 0.416 e. The molecule has 2 aromatic carbocycles. The summed E-state index contributed by atoms with van der Waals surface area (Å²) in [6.07, 6.45) is -2.77. The molecule has 1 aliphatic rings. The Morgan fingerprint density at radius 1 is 1.03 bits per heavy atom. The van der Waals surface area contributed by atoms with Crippen molar-refractivity contribution >= 4 is 29.0 Å². The van der Waals surface area contributed by atoms with Crippen molar-refractivity contribution in [3.63, 3.8) is 0 Å². The van der Waals surface area contributed by atoms with E-state index in [1.54, 1.807) is 24.4 Å². The van der Waals surface area contributed by atoms with Gasteiger partial charge < -0.3 is 5.32 Å². The van der Waals surface area contributed by atoms with Gasteiger partial charge in [0.15, 0.2) is 0 Å². The molecule has 0 aliphatic carbocycles. The van der Waals surface area contributed by atoms with E-state index < -0.39 is 17.8 Å². The normalized spacial score (nSPS) is 16.2. The average Bonchev–Trinajstić information content (AvgIpc) is 3.20. The predicted octanol–water partition coefficient (Wildman–Crippen LogP) is 5.79. The van der Waals surface area contributed by atoms with E-state index in [4.69, 9.17) is 11.6 Å². The number of alkyl halides is 3. The van der Waals surface area contributed by atoms with Crippen LogP contribution in [0.2, 0.25) is 5.02 Å². The summed E-state index contributed by atoms with van der Waals surface area (Å²) in [7, 11) is 0. The Bertz CT molecular complexity index is 1100. The van der Waals surface area contributed by atoms with Crippen LogP contribution in [0, 0.1) is 0 Å². The molecule has 0 fully saturated rings. The minimum Gasteiger partial charge on any atom is -0.306 e. The number of benzene rings is 2. The van der Waals surface area contributed by atoms with E-state index in [-0.39, 0.29) is 18.2 Å². The number of rotatable bonds is 3. The van der Waals surface area contributed by atoms with Crippen LogP contribution in [0.1, 0.15) is 22.7 Å². The molecule has 1 atom stereocenters. The molecule has 2 heterocycles. The van der Waals surface area contributed by atoms with Crippen LogP contribution in [0.15, 0.2) is 78.0 Å². The van der Waals surface area contributed by atoms with E-state index in [0.29, 0.717) is 10.7 Å². The molecule has 5 nitrogen and oxygen atoms in total. The van der Waals surface area contributed by atoms with Gasteiger partial charge in [-0.2, -0.15) is 18.3 Å². The topological polar surface area (TPSA) is 57.6 Å². The number of anilines is 1. The Morgan fingerprint density at radius 2 is 1.74 bits per heavy atom. The van der Waals surface area contributed by atoms with E-state index in [1.165, 1.54) is 17.1 Å². The number of carbonyl (C=O) groups excluding carboxylic acids is 1. The molecule has 4 rings (SSSR count). The Labute approximate surface area is 181 Å². The zero-order valence-electron chi connectivity index (χ0n) is 16.0. The Balaban J connectivity index is 1.57. The number of aromatic nitrogens is 1. The van der Waals surface area contributed by atoms with E-state index in [2.05, 4.69) is 15.4 Å². The molecular formula is C22H16ClF3N4O. The molecule has 2 amide bonds. The van der Waals surface area contributed by atoms with Gasteiger partial charge in [-0.15, -0.1) is 0 Å². The summed E-state index contributed by atoms with van der Waals surface area (Å²) in [4.78, 5) is 17.1. The molecular weight excluding hydrogens is 429 g/mol. The van der Waals surface area contributed by atoms with Crippen LogP contribution in [0.25, 0.3) is 0 Å². The summed E-state index contributed by atoms with van der Waals surface area (Å²) in [5.41, 5.74) is 1.65. The third kappa shape index (κ3) is 4.69. The smallest absolute Gasteiger partial charge is 0.306 e. The first-order chi connectivity index (χ1) is 14.8. The van der Waals surface area contributed by atoms with Gasteiger partial charge in [-0.25, -0.2) is 9.80 Å². The van der Waals surface area contributed by atoms with Gasteiger partial charge in [-0.1, -0.05) is 29.8 Å². The number of hydrogen-bond acceptors (Lipinski definition) is 3. The minimum atomic E-state index is -4.44. The summed E-state index contributed by atoms with van der Waals surface area (Å²) in [5, 5.41) is 8.89. The van der Waals surface area contributed by atoms with Gasteiger partial charge in [-0.05, 0) is 54.1 Å². The van der Waals surface area contributed by atoms with Crippen molar-refractivity contribution in [2.45, 2.75) is 12.1 Å². The maximum atomic E-state index is 12.7. The third-order valence-corrected chi connectivity index (χ3v) is 5.05. The van der Waals surface area contributed by atoms with Crippen molar-refractivity contribution in [3.8, 4) is 0 Å². The highest BCUT2D eigenvalue weighted by Crippen LogP contribution is 2.31. The number of nitrogens with zero attached hydrogens (tertiary/aromatic N) is 3. The van der Waals surface area contributed by atoms with Gasteiger partial charge in [0.05, 0.1) is 29.4 Å². The second kappa shape index (κ2) is 8.39. The molecule has 0 radical (unpaired) electrons. The molecule has 9 heteroatoms. The van der Waals surface area contributed by atoms with E-state index in [1.807, 2.05) is 24.3 Å². The SMILES string of the molecule is O=C(Nc1ccc(C(F)(F)F)cc1)N1CC(c2ccccn2)C(c2ccc(Cl)cc2)=N1. The standard InChI is InChI=1S/C22H16ClF3N4O/c23-16-8-4-14(5-9-16)20-18(19-3-1-2-12-27-19)13-30(29-20)21(31)28-17-10-6-15(7-11-17)22(24,25)26/h1-12,18H,13H2,(H,28,31). The lowest BCUT2D eigenvalue weighted by Gasteiger charge is -2.15. The Kier molecular flexibility index (Phi) is 5.65. The maximum Gasteiger partial charge on any atom is 0.416 e. The van der Waals surface area contributed by atoms with Crippen molar-refractivity contribution in [2.75, 3.05) is 11.9 Å². The average molecular weight is 445 g/mol. The van der Waals surface area contributed by atoms with E-state index >= 15 is 0 Å². The maximum absolute atomic E-state index is 12.7. The molecule has 0 spiro atoms.